The highest BCUT2D eigenvalue weighted by atomic mass is 32.2. The summed E-state index contributed by atoms with van der Waals surface area (Å²) in [6.45, 7) is 0. The van der Waals surface area contributed by atoms with Crippen LogP contribution in [0.2, 0.25) is 0 Å². The van der Waals surface area contributed by atoms with Crippen molar-refractivity contribution in [1.82, 2.24) is 15.0 Å². The van der Waals surface area contributed by atoms with Gasteiger partial charge in [-0.1, -0.05) is 11.3 Å². The molecule has 3 rings (SSSR count). The van der Waals surface area contributed by atoms with Crippen molar-refractivity contribution in [2.75, 3.05) is 24.3 Å². The number of nitrogens with zero attached hydrogens (tertiary/aromatic N) is 3. The van der Waals surface area contributed by atoms with Gasteiger partial charge in [-0.05, 0) is 6.07 Å². The van der Waals surface area contributed by atoms with Crippen molar-refractivity contribution in [2.45, 2.75) is 0 Å². The number of thiazole rings is 1. The van der Waals surface area contributed by atoms with E-state index in [0.29, 0.717) is 33.2 Å². The monoisotopic (exact) mass is 382 g/mol. The number of aromatic nitrogens is 3. The van der Waals surface area contributed by atoms with E-state index >= 15 is 0 Å². The van der Waals surface area contributed by atoms with Gasteiger partial charge in [0.05, 0.1) is 25.9 Å². The van der Waals surface area contributed by atoms with Crippen LogP contribution in [0, 0.1) is 0 Å². The van der Waals surface area contributed by atoms with Crippen molar-refractivity contribution in [3.8, 4) is 11.5 Å². The standard InChI is InChI=1S/C13H14N6O4S2/c1-22-9-3-7-8(4-10(9)23-2)16-6-17-12(7)18-11-5-15-13(24-11)19-25(14,20)21/h3-6H,1-2H3,(H,15,19)(H2,14,20,21)(H,16,17,18). The highest BCUT2D eigenvalue weighted by Gasteiger charge is 2.13. The zero-order valence-corrected chi connectivity index (χ0v) is 14.8. The zero-order chi connectivity index (χ0) is 18.0. The van der Waals surface area contributed by atoms with Crippen molar-refractivity contribution in [3.05, 3.63) is 24.7 Å². The minimum Gasteiger partial charge on any atom is -0.493 e. The Morgan fingerprint density at radius 1 is 1.12 bits per heavy atom. The van der Waals surface area contributed by atoms with Gasteiger partial charge in [0.15, 0.2) is 16.6 Å². The molecule has 3 aromatic rings. The van der Waals surface area contributed by atoms with Crippen LogP contribution in [0.5, 0.6) is 11.5 Å². The molecule has 0 aliphatic rings. The van der Waals surface area contributed by atoms with E-state index in [1.165, 1.54) is 19.6 Å². The summed E-state index contributed by atoms with van der Waals surface area (Å²) >= 11 is 1.07. The van der Waals surface area contributed by atoms with Crippen LogP contribution in [0.25, 0.3) is 10.9 Å². The van der Waals surface area contributed by atoms with Gasteiger partial charge in [-0.3, -0.25) is 0 Å². The maximum Gasteiger partial charge on any atom is 0.298 e. The topological polar surface area (TPSA) is 141 Å². The molecule has 0 unspecified atom stereocenters. The molecule has 132 valence electrons. The molecular formula is C13H14N6O4S2. The van der Waals surface area contributed by atoms with Gasteiger partial charge in [-0.2, -0.15) is 8.42 Å². The van der Waals surface area contributed by atoms with Crippen molar-refractivity contribution in [3.63, 3.8) is 0 Å². The maximum atomic E-state index is 11.0. The molecule has 12 heteroatoms. The highest BCUT2D eigenvalue weighted by molar-refractivity contribution is 7.90. The van der Waals surface area contributed by atoms with Crippen LogP contribution in [-0.2, 0) is 10.2 Å². The first-order valence-electron chi connectivity index (χ1n) is 6.79. The number of nitrogens with one attached hydrogen (secondary N) is 2. The quantitative estimate of drug-likeness (QED) is 0.582. The number of ether oxygens (including phenoxy) is 2. The van der Waals surface area contributed by atoms with Gasteiger partial charge in [0.2, 0.25) is 0 Å². The molecule has 0 aliphatic heterocycles. The summed E-state index contributed by atoms with van der Waals surface area (Å²) in [5.74, 6) is 1.60. The molecule has 2 heterocycles. The van der Waals surface area contributed by atoms with Gasteiger partial charge in [-0.25, -0.2) is 24.8 Å². The minimum absolute atomic E-state index is 0.141. The largest absolute Gasteiger partial charge is 0.493 e. The van der Waals surface area contributed by atoms with E-state index in [2.05, 4.69) is 25.0 Å². The molecule has 2 aromatic heterocycles. The molecule has 1 aromatic carbocycles. The number of rotatable bonds is 6. The SMILES string of the molecule is COc1cc2ncnc(Nc3cnc(NS(N)(=O)=O)s3)c2cc1OC. The van der Waals surface area contributed by atoms with Crippen LogP contribution in [0.4, 0.5) is 16.0 Å². The van der Waals surface area contributed by atoms with E-state index in [-0.39, 0.29) is 5.13 Å². The highest BCUT2D eigenvalue weighted by Crippen LogP contribution is 2.35. The van der Waals surface area contributed by atoms with Gasteiger partial charge in [-0.15, -0.1) is 0 Å². The number of nitrogens with two attached hydrogens (primary N) is 1. The molecule has 0 bridgehead atoms. The molecule has 0 saturated heterocycles. The lowest BCUT2D eigenvalue weighted by atomic mass is 10.2. The molecule has 4 N–H and O–H groups in total. The molecule has 10 nitrogen and oxygen atoms in total. The van der Waals surface area contributed by atoms with E-state index in [1.54, 1.807) is 19.2 Å². The Labute approximate surface area is 147 Å². The summed E-state index contributed by atoms with van der Waals surface area (Å²) in [5, 5.41) is 9.41. The second-order valence-corrected chi connectivity index (χ2v) is 7.07. The Balaban J connectivity index is 1.96. The maximum absolute atomic E-state index is 11.0. The number of anilines is 3. The lowest BCUT2D eigenvalue weighted by Gasteiger charge is -2.11. The van der Waals surface area contributed by atoms with Crippen LogP contribution in [0.1, 0.15) is 0 Å². The summed E-state index contributed by atoms with van der Waals surface area (Å²) < 4.78 is 34.7. The van der Waals surface area contributed by atoms with Crippen molar-refractivity contribution < 1.29 is 17.9 Å². The van der Waals surface area contributed by atoms with Crippen LogP contribution in [0.3, 0.4) is 0 Å². The van der Waals surface area contributed by atoms with Crippen LogP contribution in [-0.4, -0.2) is 37.6 Å². The van der Waals surface area contributed by atoms with Crippen molar-refractivity contribution in [2.24, 2.45) is 5.14 Å². The Bertz CT molecular complexity index is 1020. The van der Waals surface area contributed by atoms with Gasteiger partial charge >= 0.3 is 0 Å². The number of benzene rings is 1. The smallest absolute Gasteiger partial charge is 0.298 e. The first kappa shape index (κ1) is 17.1. The van der Waals surface area contributed by atoms with E-state index in [9.17, 15) is 8.42 Å². The molecule has 0 spiro atoms. The molecule has 0 amide bonds. The van der Waals surface area contributed by atoms with Crippen LogP contribution < -0.4 is 24.7 Å². The predicted molar refractivity (Wildman–Crippen MR) is 94.8 cm³/mol. The van der Waals surface area contributed by atoms with Gasteiger partial charge in [0.25, 0.3) is 10.2 Å². The van der Waals surface area contributed by atoms with Crippen LogP contribution >= 0.6 is 11.3 Å². The lowest BCUT2D eigenvalue weighted by molar-refractivity contribution is 0.356. The second-order valence-electron chi connectivity index (χ2n) is 4.75. The zero-order valence-electron chi connectivity index (χ0n) is 13.2. The van der Waals surface area contributed by atoms with E-state index < -0.39 is 10.2 Å². The molecule has 0 fully saturated rings. The van der Waals surface area contributed by atoms with E-state index in [4.69, 9.17) is 14.6 Å². The van der Waals surface area contributed by atoms with Gasteiger partial charge in [0.1, 0.15) is 17.1 Å². The molecule has 0 saturated carbocycles. The molecular weight excluding hydrogens is 368 g/mol. The third kappa shape index (κ3) is 3.87. The van der Waals surface area contributed by atoms with Gasteiger partial charge < -0.3 is 14.8 Å². The first-order chi connectivity index (χ1) is 11.9. The number of fused-ring (bicyclic) bond motifs is 1. The fourth-order valence-electron chi connectivity index (χ4n) is 2.10. The van der Waals surface area contributed by atoms with E-state index in [0.717, 1.165) is 11.3 Å². The summed E-state index contributed by atoms with van der Waals surface area (Å²) in [6.07, 6.45) is 2.87. The third-order valence-electron chi connectivity index (χ3n) is 3.12. The summed E-state index contributed by atoms with van der Waals surface area (Å²) in [4.78, 5) is 12.4. The molecule has 0 atom stereocenters. The van der Waals surface area contributed by atoms with E-state index in [1.807, 2.05) is 0 Å². The third-order valence-corrected chi connectivity index (χ3v) is 4.55. The summed E-state index contributed by atoms with van der Waals surface area (Å²) in [7, 11) is -0.794. The first-order valence-corrected chi connectivity index (χ1v) is 9.16. The fraction of sp³-hybridized carbons (Fsp3) is 0.154. The van der Waals surface area contributed by atoms with Crippen LogP contribution in [0.15, 0.2) is 24.7 Å². The Kier molecular flexibility index (Phi) is 4.57. The normalized spacial score (nSPS) is 11.3. The average Bonchev–Trinajstić information content (AvgIpc) is 2.98. The Morgan fingerprint density at radius 2 is 1.84 bits per heavy atom. The fourth-order valence-corrected chi connectivity index (χ4v) is 3.48. The average molecular weight is 382 g/mol. The van der Waals surface area contributed by atoms with Crippen molar-refractivity contribution >= 4 is 48.4 Å². The summed E-state index contributed by atoms with van der Waals surface area (Å²) in [6, 6.07) is 3.49. The summed E-state index contributed by atoms with van der Waals surface area (Å²) in [5.41, 5.74) is 0.655. The molecule has 25 heavy (non-hydrogen) atoms. The minimum atomic E-state index is -3.87. The molecule has 0 aliphatic carbocycles. The Morgan fingerprint density at radius 3 is 2.52 bits per heavy atom. The number of hydrogen-bond donors (Lipinski definition) is 3. The second kappa shape index (κ2) is 6.66. The Hall–Kier alpha value is -2.70. The number of methoxy groups -OCH3 is 2. The molecule has 0 radical (unpaired) electrons. The number of hydrogen-bond acceptors (Lipinski definition) is 9. The van der Waals surface area contributed by atoms with Crippen molar-refractivity contribution in [1.29, 1.82) is 0 Å². The lowest BCUT2D eigenvalue weighted by Crippen LogP contribution is -2.21. The predicted octanol–water partition coefficient (Wildman–Crippen LogP) is 1.46. The van der Waals surface area contributed by atoms with Gasteiger partial charge in [0, 0.05) is 11.5 Å².